The fourth-order valence-electron chi connectivity index (χ4n) is 2.71. The van der Waals surface area contributed by atoms with Gasteiger partial charge >= 0.3 is 11.8 Å². The average Bonchev–Trinajstić information content (AvgIpc) is 3.12. The second-order valence-corrected chi connectivity index (χ2v) is 8.30. The standard InChI is InChI=1S/C18H27ClN8O5/c1-18(2,3)32-16(30)21-8-5-4-6-11(13(20)28)23-15(29)12-14-24-25-27(9-7-19)17(31)26(14)10-22-12/h10-11H,4-9H2,1-3H3,(H2,20,28)(H,21,30)(H,23,29)/t11-/m0/s1. The number of alkyl carbamates (subject to hydrolysis) is 1. The van der Waals surface area contributed by atoms with Gasteiger partial charge in [-0.3, -0.25) is 9.59 Å². The number of fused-ring (bicyclic) bond motifs is 1. The number of ether oxygens (including phenoxy) is 1. The Kier molecular flexibility index (Phi) is 8.52. The lowest BCUT2D eigenvalue weighted by Crippen LogP contribution is -2.44. The second kappa shape index (κ2) is 10.9. The Morgan fingerprint density at radius 2 is 2.00 bits per heavy atom. The van der Waals surface area contributed by atoms with E-state index in [4.69, 9.17) is 22.1 Å². The molecule has 4 N–H and O–H groups in total. The minimum Gasteiger partial charge on any atom is -0.444 e. The predicted molar refractivity (Wildman–Crippen MR) is 114 cm³/mol. The van der Waals surface area contributed by atoms with Crippen LogP contribution in [0.15, 0.2) is 11.1 Å². The molecule has 32 heavy (non-hydrogen) atoms. The highest BCUT2D eigenvalue weighted by molar-refractivity contribution is 6.17. The maximum atomic E-state index is 12.6. The highest BCUT2D eigenvalue weighted by Crippen LogP contribution is 2.08. The molecule has 0 spiro atoms. The molecule has 0 bridgehead atoms. The second-order valence-electron chi connectivity index (χ2n) is 7.92. The first-order valence-corrected chi connectivity index (χ1v) is 10.5. The molecule has 0 aromatic carbocycles. The number of nitrogens with zero attached hydrogens (tertiary/aromatic N) is 5. The summed E-state index contributed by atoms with van der Waals surface area (Å²) in [6.07, 6.45) is 1.90. The molecule has 0 aliphatic carbocycles. The zero-order chi connectivity index (χ0) is 23.9. The van der Waals surface area contributed by atoms with Gasteiger partial charge in [0.15, 0.2) is 11.3 Å². The molecule has 0 radical (unpaired) electrons. The Morgan fingerprint density at radius 3 is 2.62 bits per heavy atom. The van der Waals surface area contributed by atoms with Gasteiger partial charge in [-0.05, 0) is 40.0 Å². The van der Waals surface area contributed by atoms with Gasteiger partial charge in [0.1, 0.15) is 18.0 Å². The number of carbonyl (C=O) groups excluding carboxylic acids is 3. The molecular weight excluding hydrogens is 444 g/mol. The van der Waals surface area contributed by atoms with E-state index in [0.717, 1.165) is 15.4 Å². The number of nitrogens with one attached hydrogen (secondary N) is 2. The number of carbonyl (C=O) groups is 3. The summed E-state index contributed by atoms with van der Waals surface area (Å²) in [5, 5.41) is 12.7. The van der Waals surface area contributed by atoms with Gasteiger partial charge in [0.05, 0.1) is 6.54 Å². The highest BCUT2D eigenvalue weighted by Gasteiger charge is 2.23. The van der Waals surface area contributed by atoms with Crippen molar-refractivity contribution < 1.29 is 19.1 Å². The van der Waals surface area contributed by atoms with Gasteiger partial charge in [-0.1, -0.05) is 5.21 Å². The number of nitrogens with two attached hydrogens (primary N) is 1. The molecule has 14 heteroatoms. The zero-order valence-corrected chi connectivity index (χ0v) is 18.9. The van der Waals surface area contributed by atoms with E-state index >= 15 is 0 Å². The Morgan fingerprint density at radius 1 is 1.28 bits per heavy atom. The summed E-state index contributed by atoms with van der Waals surface area (Å²) in [6.45, 7) is 5.77. The van der Waals surface area contributed by atoms with Gasteiger partial charge in [-0.25, -0.2) is 19.0 Å². The van der Waals surface area contributed by atoms with Gasteiger partial charge in [0, 0.05) is 12.4 Å². The largest absolute Gasteiger partial charge is 0.444 e. The number of aryl methyl sites for hydroxylation is 1. The van der Waals surface area contributed by atoms with Crippen LogP contribution in [-0.4, -0.2) is 66.4 Å². The summed E-state index contributed by atoms with van der Waals surface area (Å²) in [6, 6.07) is -0.967. The smallest absolute Gasteiger partial charge is 0.407 e. The van der Waals surface area contributed by atoms with Crippen molar-refractivity contribution in [2.45, 2.75) is 58.2 Å². The normalized spacial score (nSPS) is 12.4. The summed E-state index contributed by atoms with van der Waals surface area (Å²) in [5.74, 6) is -1.28. The van der Waals surface area contributed by atoms with E-state index in [1.54, 1.807) is 20.8 Å². The van der Waals surface area contributed by atoms with E-state index in [1.165, 1.54) is 0 Å². The third kappa shape index (κ3) is 6.90. The van der Waals surface area contributed by atoms with E-state index < -0.39 is 35.2 Å². The van der Waals surface area contributed by atoms with Crippen LogP contribution in [0.3, 0.4) is 0 Å². The summed E-state index contributed by atoms with van der Waals surface area (Å²) in [7, 11) is 0. The molecule has 0 fully saturated rings. The van der Waals surface area contributed by atoms with Crippen LogP contribution < -0.4 is 22.1 Å². The molecule has 0 aliphatic heterocycles. The van der Waals surface area contributed by atoms with Crippen LogP contribution in [0.2, 0.25) is 0 Å². The third-order valence-electron chi connectivity index (χ3n) is 4.16. The lowest BCUT2D eigenvalue weighted by atomic mass is 10.1. The molecule has 176 valence electrons. The quantitative estimate of drug-likeness (QED) is 0.316. The summed E-state index contributed by atoms with van der Waals surface area (Å²) >= 11 is 5.62. The number of hydrogen-bond acceptors (Lipinski definition) is 8. The molecule has 0 saturated heterocycles. The van der Waals surface area contributed by atoms with Gasteiger partial charge < -0.3 is 21.1 Å². The lowest BCUT2D eigenvalue weighted by Gasteiger charge is -2.19. The van der Waals surface area contributed by atoms with Crippen LogP contribution in [0.4, 0.5) is 4.79 Å². The number of alkyl halides is 1. The van der Waals surface area contributed by atoms with Crippen molar-refractivity contribution in [2.24, 2.45) is 5.73 Å². The van der Waals surface area contributed by atoms with E-state index in [2.05, 4.69) is 25.9 Å². The van der Waals surface area contributed by atoms with Crippen LogP contribution in [0, 0.1) is 0 Å². The summed E-state index contributed by atoms with van der Waals surface area (Å²) in [4.78, 5) is 52.2. The van der Waals surface area contributed by atoms with E-state index in [1.807, 2.05) is 0 Å². The highest BCUT2D eigenvalue weighted by atomic mass is 35.5. The minimum absolute atomic E-state index is 0.0527. The lowest BCUT2D eigenvalue weighted by molar-refractivity contribution is -0.120. The number of imidazole rings is 1. The number of aromatic nitrogens is 5. The molecule has 0 unspecified atom stereocenters. The monoisotopic (exact) mass is 470 g/mol. The zero-order valence-electron chi connectivity index (χ0n) is 18.1. The molecule has 2 heterocycles. The number of primary amides is 1. The van der Waals surface area contributed by atoms with Crippen LogP contribution >= 0.6 is 11.6 Å². The number of halogens is 1. The van der Waals surface area contributed by atoms with Crippen LogP contribution in [0.5, 0.6) is 0 Å². The van der Waals surface area contributed by atoms with Crippen molar-refractivity contribution in [3.63, 3.8) is 0 Å². The van der Waals surface area contributed by atoms with Gasteiger partial charge in [0.25, 0.3) is 5.91 Å². The fraction of sp³-hybridized carbons (Fsp3) is 0.611. The Bertz CT molecular complexity index is 1030. The van der Waals surface area contributed by atoms with Gasteiger partial charge in [-0.2, -0.15) is 4.68 Å². The van der Waals surface area contributed by atoms with E-state index in [9.17, 15) is 19.2 Å². The first-order chi connectivity index (χ1) is 15.0. The molecule has 0 aliphatic rings. The molecule has 0 saturated carbocycles. The fourth-order valence-corrected chi connectivity index (χ4v) is 2.87. The molecule has 2 aromatic rings. The Hall–Kier alpha value is -3.22. The van der Waals surface area contributed by atoms with Crippen molar-refractivity contribution in [2.75, 3.05) is 12.4 Å². The van der Waals surface area contributed by atoms with Crippen molar-refractivity contribution >= 4 is 35.2 Å². The first-order valence-electron chi connectivity index (χ1n) is 9.97. The first kappa shape index (κ1) is 25.0. The van der Waals surface area contributed by atoms with Crippen LogP contribution in [0.1, 0.15) is 50.5 Å². The van der Waals surface area contributed by atoms with E-state index in [0.29, 0.717) is 19.4 Å². The van der Waals surface area contributed by atoms with Crippen molar-refractivity contribution in [3.05, 3.63) is 22.5 Å². The molecule has 1 atom stereocenters. The summed E-state index contributed by atoms with van der Waals surface area (Å²) in [5.41, 5.74) is 4.04. The molecule has 2 rings (SSSR count). The summed E-state index contributed by atoms with van der Waals surface area (Å²) < 4.78 is 7.24. The molecule has 3 amide bonds. The third-order valence-corrected chi connectivity index (χ3v) is 4.33. The van der Waals surface area contributed by atoms with Crippen molar-refractivity contribution in [1.82, 2.24) is 35.0 Å². The maximum absolute atomic E-state index is 12.6. The average molecular weight is 471 g/mol. The molecule has 2 aromatic heterocycles. The van der Waals surface area contributed by atoms with Crippen LogP contribution in [-0.2, 0) is 16.1 Å². The Labute approximate surface area is 188 Å². The Balaban J connectivity index is 1.93. The molecule has 13 nitrogen and oxygen atoms in total. The number of amides is 3. The van der Waals surface area contributed by atoms with Crippen molar-refractivity contribution in [1.29, 1.82) is 0 Å². The SMILES string of the molecule is CC(C)(C)OC(=O)NCCCC[C@H](NC(=O)c1ncn2c(=O)n(CCCl)nnc12)C(N)=O. The number of hydrogen-bond donors (Lipinski definition) is 3. The topological polar surface area (TPSA) is 176 Å². The van der Waals surface area contributed by atoms with Gasteiger partial charge in [0.2, 0.25) is 5.91 Å². The van der Waals surface area contributed by atoms with Crippen LogP contribution in [0.25, 0.3) is 5.65 Å². The van der Waals surface area contributed by atoms with E-state index in [-0.39, 0.29) is 30.2 Å². The van der Waals surface area contributed by atoms with Gasteiger partial charge in [-0.15, -0.1) is 16.7 Å². The van der Waals surface area contributed by atoms with Crippen molar-refractivity contribution in [3.8, 4) is 0 Å². The number of rotatable bonds is 10. The predicted octanol–water partition coefficient (Wildman–Crippen LogP) is -0.196. The minimum atomic E-state index is -0.967. The molecular formula is C18H27ClN8O5. The maximum Gasteiger partial charge on any atom is 0.407 e. The number of unbranched alkanes of at least 4 members (excludes halogenated alkanes) is 1.